The Morgan fingerprint density at radius 2 is 1.93 bits per heavy atom. The van der Waals surface area contributed by atoms with Crippen molar-refractivity contribution in [3.8, 4) is 0 Å². The quantitative estimate of drug-likeness (QED) is 0.701. The molecule has 2 heterocycles. The van der Waals surface area contributed by atoms with E-state index in [1.54, 1.807) is 13.8 Å². The minimum absolute atomic E-state index is 0.480. The van der Waals surface area contributed by atoms with Gasteiger partial charge in [0.15, 0.2) is 18.2 Å². The maximum absolute atomic E-state index is 10.9. The zero-order valence-corrected chi connectivity index (χ0v) is 8.80. The van der Waals surface area contributed by atoms with Crippen molar-refractivity contribution < 1.29 is 28.8 Å². The highest BCUT2D eigenvalue weighted by Crippen LogP contribution is 2.38. The zero-order chi connectivity index (χ0) is 11.2. The van der Waals surface area contributed by atoms with Gasteiger partial charge < -0.3 is 24.1 Å². The number of methoxy groups -OCH3 is 1. The second kappa shape index (κ2) is 3.41. The van der Waals surface area contributed by atoms with Gasteiger partial charge in [-0.2, -0.15) is 0 Å². The highest BCUT2D eigenvalue weighted by atomic mass is 16.8. The molecule has 6 heteroatoms. The number of aliphatic carboxylic acids is 1. The van der Waals surface area contributed by atoms with E-state index in [0.717, 1.165) is 0 Å². The SMILES string of the molecule is CO[C@H]1O[C@H](C(=O)O)[C@H]2OC(C)(C)O[C@@H]12. The molecule has 86 valence electrons. The summed E-state index contributed by atoms with van der Waals surface area (Å²) in [5.41, 5.74) is 0. The van der Waals surface area contributed by atoms with Gasteiger partial charge in [0.2, 0.25) is 0 Å². The Morgan fingerprint density at radius 3 is 2.47 bits per heavy atom. The Balaban J connectivity index is 2.19. The molecule has 2 aliphatic heterocycles. The van der Waals surface area contributed by atoms with Gasteiger partial charge in [-0.05, 0) is 13.8 Å². The van der Waals surface area contributed by atoms with Gasteiger partial charge in [-0.1, -0.05) is 0 Å². The van der Waals surface area contributed by atoms with E-state index in [9.17, 15) is 4.79 Å². The maximum Gasteiger partial charge on any atom is 0.335 e. The topological polar surface area (TPSA) is 74.2 Å². The predicted molar refractivity (Wildman–Crippen MR) is 47.1 cm³/mol. The molecule has 0 aromatic heterocycles. The van der Waals surface area contributed by atoms with E-state index in [1.165, 1.54) is 7.11 Å². The first-order valence-electron chi connectivity index (χ1n) is 4.71. The maximum atomic E-state index is 10.9. The third-order valence-corrected chi connectivity index (χ3v) is 2.49. The van der Waals surface area contributed by atoms with Crippen molar-refractivity contribution in [1.82, 2.24) is 0 Å². The van der Waals surface area contributed by atoms with E-state index in [1.807, 2.05) is 0 Å². The van der Waals surface area contributed by atoms with Gasteiger partial charge in [0, 0.05) is 7.11 Å². The molecule has 0 unspecified atom stereocenters. The average Bonchev–Trinajstić information content (AvgIpc) is 2.57. The molecular formula is C9H14O6. The first-order valence-corrected chi connectivity index (χ1v) is 4.71. The van der Waals surface area contributed by atoms with Crippen molar-refractivity contribution in [2.45, 2.75) is 44.2 Å². The summed E-state index contributed by atoms with van der Waals surface area (Å²) in [6.07, 6.45) is -2.80. The van der Waals surface area contributed by atoms with E-state index in [2.05, 4.69) is 0 Å². The Labute approximate surface area is 87.1 Å². The summed E-state index contributed by atoms with van der Waals surface area (Å²) in [6, 6.07) is 0. The van der Waals surface area contributed by atoms with Crippen LogP contribution < -0.4 is 0 Å². The molecule has 1 N–H and O–H groups in total. The minimum Gasteiger partial charge on any atom is -0.479 e. The summed E-state index contributed by atoms with van der Waals surface area (Å²) < 4.78 is 21.2. The number of carbonyl (C=O) groups is 1. The summed E-state index contributed by atoms with van der Waals surface area (Å²) >= 11 is 0. The van der Waals surface area contributed by atoms with Crippen LogP contribution in [0.3, 0.4) is 0 Å². The minimum atomic E-state index is -1.06. The van der Waals surface area contributed by atoms with Gasteiger partial charge >= 0.3 is 5.97 Å². The molecule has 0 aromatic carbocycles. The summed E-state index contributed by atoms with van der Waals surface area (Å²) in [4.78, 5) is 10.9. The van der Waals surface area contributed by atoms with Crippen LogP contribution in [0, 0.1) is 0 Å². The van der Waals surface area contributed by atoms with Crippen molar-refractivity contribution in [3.63, 3.8) is 0 Å². The lowest BCUT2D eigenvalue weighted by Crippen LogP contribution is -2.35. The van der Waals surface area contributed by atoms with Gasteiger partial charge in [0.05, 0.1) is 0 Å². The third-order valence-electron chi connectivity index (χ3n) is 2.49. The molecule has 0 bridgehead atoms. The van der Waals surface area contributed by atoms with E-state index >= 15 is 0 Å². The highest BCUT2D eigenvalue weighted by molar-refractivity contribution is 5.73. The number of rotatable bonds is 2. The highest BCUT2D eigenvalue weighted by Gasteiger charge is 2.57. The first-order chi connectivity index (χ1) is 6.94. The monoisotopic (exact) mass is 218 g/mol. The fraction of sp³-hybridized carbons (Fsp3) is 0.889. The molecule has 2 saturated heterocycles. The Morgan fingerprint density at radius 1 is 1.33 bits per heavy atom. The van der Waals surface area contributed by atoms with Crippen molar-refractivity contribution in [1.29, 1.82) is 0 Å². The van der Waals surface area contributed by atoms with E-state index in [4.69, 9.17) is 24.1 Å². The first kappa shape index (κ1) is 10.8. The second-order valence-electron chi connectivity index (χ2n) is 4.06. The Kier molecular flexibility index (Phi) is 2.46. The second-order valence-corrected chi connectivity index (χ2v) is 4.06. The van der Waals surface area contributed by atoms with E-state index < -0.39 is 36.4 Å². The molecule has 4 atom stereocenters. The van der Waals surface area contributed by atoms with Gasteiger partial charge in [0.1, 0.15) is 12.2 Å². The van der Waals surface area contributed by atoms with Gasteiger partial charge in [-0.15, -0.1) is 0 Å². The van der Waals surface area contributed by atoms with Crippen LogP contribution in [0.2, 0.25) is 0 Å². The fourth-order valence-corrected chi connectivity index (χ4v) is 1.95. The van der Waals surface area contributed by atoms with Crippen LogP contribution in [0.4, 0.5) is 0 Å². The Bertz CT molecular complexity index is 276. The number of hydrogen-bond donors (Lipinski definition) is 1. The zero-order valence-electron chi connectivity index (χ0n) is 8.80. The van der Waals surface area contributed by atoms with Crippen LogP contribution in [0.1, 0.15) is 13.8 Å². The molecule has 2 rings (SSSR count). The van der Waals surface area contributed by atoms with Crippen molar-refractivity contribution in [2.24, 2.45) is 0 Å². The lowest BCUT2D eigenvalue weighted by molar-refractivity contribution is -0.229. The molecule has 0 saturated carbocycles. The molecular weight excluding hydrogens is 204 g/mol. The molecule has 2 fully saturated rings. The number of fused-ring (bicyclic) bond motifs is 1. The third kappa shape index (κ3) is 1.74. The van der Waals surface area contributed by atoms with E-state index in [-0.39, 0.29) is 0 Å². The lowest BCUT2D eigenvalue weighted by Gasteiger charge is -2.22. The Hall–Kier alpha value is -0.690. The summed E-state index contributed by atoms with van der Waals surface area (Å²) in [5, 5.41) is 8.93. The van der Waals surface area contributed by atoms with Crippen molar-refractivity contribution in [3.05, 3.63) is 0 Å². The molecule has 0 amide bonds. The molecule has 15 heavy (non-hydrogen) atoms. The average molecular weight is 218 g/mol. The number of carboxylic acid groups (broad SMARTS) is 1. The predicted octanol–water partition coefficient (Wildman–Crippen LogP) is -0.0376. The normalized spacial score (nSPS) is 42.9. The van der Waals surface area contributed by atoms with Crippen molar-refractivity contribution >= 4 is 5.97 Å². The number of hydrogen-bond acceptors (Lipinski definition) is 5. The summed E-state index contributed by atoms with van der Waals surface area (Å²) in [6.45, 7) is 3.47. The molecule has 0 aliphatic carbocycles. The smallest absolute Gasteiger partial charge is 0.335 e. The largest absolute Gasteiger partial charge is 0.479 e. The van der Waals surface area contributed by atoms with Crippen LogP contribution in [-0.2, 0) is 23.7 Å². The molecule has 0 spiro atoms. The van der Waals surface area contributed by atoms with Crippen LogP contribution >= 0.6 is 0 Å². The molecule has 6 nitrogen and oxygen atoms in total. The number of carboxylic acids is 1. The van der Waals surface area contributed by atoms with Crippen LogP contribution in [0.25, 0.3) is 0 Å². The van der Waals surface area contributed by atoms with Gasteiger partial charge in [-0.3, -0.25) is 0 Å². The van der Waals surface area contributed by atoms with E-state index in [0.29, 0.717) is 0 Å². The lowest BCUT2D eigenvalue weighted by atomic mass is 10.1. The standard InChI is InChI=1S/C9H14O6/c1-9(2)14-4-5(7(10)11)13-8(12-3)6(4)15-9/h4-6,8H,1-3H3,(H,10,11)/t4-,5+,6-,8+/m1/s1. The number of ether oxygens (including phenoxy) is 4. The van der Waals surface area contributed by atoms with Crippen molar-refractivity contribution in [2.75, 3.05) is 7.11 Å². The molecule has 0 aromatic rings. The fourth-order valence-electron chi connectivity index (χ4n) is 1.95. The van der Waals surface area contributed by atoms with Crippen LogP contribution in [-0.4, -0.2) is 48.6 Å². The molecule has 2 aliphatic rings. The molecule has 0 radical (unpaired) electrons. The van der Waals surface area contributed by atoms with Gasteiger partial charge in [0.25, 0.3) is 0 Å². The van der Waals surface area contributed by atoms with Crippen LogP contribution in [0.5, 0.6) is 0 Å². The van der Waals surface area contributed by atoms with Crippen LogP contribution in [0.15, 0.2) is 0 Å². The summed E-state index contributed by atoms with van der Waals surface area (Å²) in [5.74, 6) is -1.85. The van der Waals surface area contributed by atoms with Gasteiger partial charge in [-0.25, -0.2) is 4.79 Å². The summed E-state index contributed by atoms with van der Waals surface area (Å²) in [7, 11) is 1.45.